The molecule has 3 aromatic carbocycles. The molecule has 0 spiro atoms. The van der Waals surface area contributed by atoms with Crippen LogP contribution in [0, 0.1) is 12.8 Å². The number of hydrogen-bond donors (Lipinski definition) is 2. The number of ether oxygens (including phenoxy) is 1. The number of carbonyl (C=O) groups excluding carboxylic acids is 1. The molecular formula is C30H36ClN3O7S2. The molecule has 0 saturated heterocycles. The summed E-state index contributed by atoms with van der Waals surface area (Å²) in [6.45, 7) is 5.34. The maximum atomic E-state index is 13.5. The molecule has 0 unspecified atom stereocenters. The molecule has 2 N–H and O–H groups in total. The van der Waals surface area contributed by atoms with Gasteiger partial charge in [-0.2, -0.15) is 4.31 Å². The first-order chi connectivity index (χ1) is 20.2. The predicted octanol–water partition coefficient (Wildman–Crippen LogP) is 3.92. The van der Waals surface area contributed by atoms with E-state index in [1.807, 2.05) is 13.8 Å². The van der Waals surface area contributed by atoms with Crippen LogP contribution in [0.5, 0.6) is 5.75 Å². The Labute approximate surface area is 258 Å². The Balaban J connectivity index is 1.68. The van der Waals surface area contributed by atoms with Gasteiger partial charge in [0.05, 0.1) is 35.4 Å². The lowest BCUT2D eigenvalue weighted by molar-refractivity contribution is -0.134. The fourth-order valence-electron chi connectivity index (χ4n) is 4.78. The van der Waals surface area contributed by atoms with Gasteiger partial charge in [-0.1, -0.05) is 36.2 Å². The topological polar surface area (TPSA) is 133 Å². The lowest BCUT2D eigenvalue weighted by Crippen LogP contribution is -2.48. The number of likely N-dealkylation sites (N-methyl/N-ethyl adjacent to an activating group) is 1. The van der Waals surface area contributed by atoms with E-state index in [9.17, 15) is 26.7 Å². The average molecular weight is 650 g/mol. The molecule has 3 atom stereocenters. The lowest BCUT2D eigenvalue weighted by Gasteiger charge is -2.33. The molecule has 0 saturated carbocycles. The standard InChI is InChI=1S/C30H36ClN3O7S2/c1-20-5-10-26(11-6-20)42(37,38)32-25-9-14-28-23(15-25)16-30(36)34(22(3)19-35)17-21(2)29(41-28)18-33(4)43(39,40)27-12-7-24(31)8-13-27/h5-15,21-22,29,32,35H,16-19H2,1-4H3/t21-,22+,29-/m0/s1. The van der Waals surface area contributed by atoms with Crippen LogP contribution < -0.4 is 9.46 Å². The minimum Gasteiger partial charge on any atom is -0.488 e. The van der Waals surface area contributed by atoms with Crippen molar-refractivity contribution >= 4 is 43.2 Å². The van der Waals surface area contributed by atoms with E-state index in [-0.39, 0.29) is 53.4 Å². The Morgan fingerprint density at radius 3 is 2.30 bits per heavy atom. The number of carbonyl (C=O) groups is 1. The second kappa shape index (κ2) is 13.2. The van der Waals surface area contributed by atoms with Gasteiger partial charge in [-0.15, -0.1) is 0 Å². The smallest absolute Gasteiger partial charge is 0.261 e. The van der Waals surface area contributed by atoms with E-state index >= 15 is 0 Å². The summed E-state index contributed by atoms with van der Waals surface area (Å²) < 4.78 is 62.9. The number of aryl methyl sites for hydroxylation is 1. The third-order valence-electron chi connectivity index (χ3n) is 7.46. The largest absolute Gasteiger partial charge is 0.488 e. The highest BCUT2D eigenvalue weighted by Gasteiger charge is 2.33. The van der Waals surface area contributed by atoms with E-state index < -0.39 is 32.2 Å². The number of benzene rings is 3. The SMILES string of the molecule is Cc1ccc(S(=O)(=O)Nc2ccc3c(c2)CC(=O)N([C@H](C)CO)C[C@H](C)[C@H](CN(C)S(=O)(=O)c2ccc(Cl)cc2)O3)cc1. The van der Waals surface area contributed by atoms with Crippen molar-refractivity contribution in [3.8, 4) is 5.75 Å². The first-order valence-corrected chi connectivity index (χ1v) is 17.0. The zero-order valence-electron chi connectivity index (χ0n) is 24.4. The van der Waals surface area contributed by atoms with Gasteiger partial charge in [-0.3, -0.25) is 9.52 Å². The maximum Gasteiger partial charge on any atom is 0.261 e. The van der Waals surface area contributed by atoms with Gasteiger partial charge < -0.3 is 14.7 Å². The fraction of sp³-hybridized carbons (Fsp3) is 0.367. The summed E-state index contributed by atoms with van der Waals surface area (Å²) in [7, 11) is -6.34. The molecular weight excluding hydrogens is 614 g/mol. The van der Waals surface area contributed by atoms with E-state index in [2.05, 4.69) is 4.72 Å². The summed E-state index contributed by atoms with van der Waals surface area (Å²) in [5.74, 6) is -0.287. The highest BCUT2D eigenvalue weighted by atomic mass is 35.5. The highest BCUT2D eigenvalue weighted by Crippen LogP contribution is 2.31. The monoisotopic (exact) mass is 649 g/mol. The number of aliphatic hydroxyl groups excluding tert-OH is 1. The molecule has 1 aliphatic heterocycles. The summed E-state index contributed by atoms with van der Waals surface area (Å²) in [5.41, 5.74) is 1.58. The van der Waals surface area contributed by atoms with Crippen LogP contribution in [0.15, 0.2) is 76.5 Å². The molecule has 13 heteroatoms. The van der Waals surface area contributed by atoms with E-state index in [1.54, 1.807) is 36.1 Å². The first-order valence-electron chi connectivity index (χ1n) is 13.7. The second-order valence-electron chi connectivity index (χ2n) is 10.9. The molecule has 1 heterocycles. The summed E-state index contributed by atoms with van der Waals surface area (Å²) in [4.78, 5) is 15.2. The average Bonchev–Trinajstić information content (AvgIpc) is 3.00. The Morgan fingerprint density at radius 1 is 1.05 bits per heavy atom. The fourth-order valence-corrected chi connectivity index (χ4v) is 7.14. The van der Waals surface area contributed by atoms with Crippen molar-refractivity contribution in [3.05, 3.63) is 82.9 Å². The zero-order valence-corrected chi connectivity index (χ0v) is 26.8. The molecule has 3 aromatic rings. The predicted molar refractivity (Wildman–Crippen MR) is 165 cm³/mol. The number of anilines is 1. The van der Waals surface area contributed by atoms with Crippen molar-refractivity contribution in [2.45, 2.75) is 49.1 Å². The Bertz CT molecular complexity index is 1660. The van der Waals surface area contributed by atoms with Crippen molar-refractivity contribution in [1.29, 1.82) is 0 Å². The molecule has 232 valence electrons. The van der Waals surface area contributed by atoms with Gasteiger partial charge in [0.25, 0.3) is 10.0 Å². The number of hydrogen-bond acceptors (Lipinski definition) is 7. The molecule has 1 aliphatic rings. The first kappa shape index (κ1) is 32.7. The third kappa shape index (κ3) is 7.68. The Morgan fingerprint density at radius 2 is 1.67 bits per heavy atom. The van der Waals surface area contributed by atoms with Crippen molar-refractivity contribution in [1.82, 2.24) is 9.21 Å². The van der Waals surface area contributed by atoms with Gasteiger partial charge in [0, 0.05) is 35.8 Å². The number of rotatable bonds is 9. The van der Waals surface area contributed by atoms with Crippen molar-refractivity contribution in [2.24, 2.45) is 5.92 Å². The number of nitrogens with one attached hydrogen (secondary N) is 1. The van der Waals surface area contributed by atoms with Gasteiger partial charge in [0.15, 0.2) is 0 Å². The van der Waals surface area contributed by atoms with Crippen LogP contribution in [0.1, 0.15) is 25.0 Å². The molecule has 43 heavy (non-hydrogen) atoms. The lowest BCUT2D eigenvalue weighted by atomic mass is 10.0. The van der Waals surface area contributed by atoms with Crippen LogP contribution in [0.4, 0.5) is 5.69 Å². The molecule has 0 aliphatic carbocycles. The minimum atomic E-state index is -3.90. The summed E-state index contributed by atoms with van der Waals surface area (Å²) >= 11 is 5.94. The normalized spacial score (nSPS) is 18.7. The molecule has 10 nitrogen and oxygen atoms in total. The Hall–Kier alpha value is -3.16. The van der Waals surface area contributed by atoms with E-state index in [1.165, 1.54) is 53.8 Å². The van der Waals surface area contributed by atoms with Crippen LogP contribution in [-0.4, -0.2) is 75.9 Å². The van der Waals surface area contributed by atoms with Gasteiger partial charge in [0.2, 0.25) is 15.9 Å². The quantitative estimate of drug-likeness (QED) is 0.359. The number of aliphatic hydroxyl groups is 1. The Kier molecular flexibility index (Phi) is 10.1. The van der Waals surface area contributed by atoms with E-state index in [0.29, 0.717) is 16.3 Å². The molecule has 4 rings (SSSR count). The van der Waals surface area contributed by atoms with Crippen LogP contribution in [0.25, 0.3) is 0 Å². The summed E-state index contributed by atoms with van der Waals surface area (Å²) in [5, 5.41) is 10.3. The maximum absolute atomic E-state index is 13.5. The van der Waals surface area contributed by atoms with Gasteiger partial charge >= 0.3 is 0 Å². The number of nitrogens with zero attached hydrogens (tertiary/aromatic N) is 2. The van der Waals surface area contributed by atoms with Gasteiger partial charge in [-0.05, 0) is 68.4 Å². The second-order valence-corrected chi connectivity index (χ2v) is 15.0. The van der Waals surface area contributed by atoms with Gasteiger partial charge in [-0.25, -0.2) is 16.8 Å². The third-order valence-corrected chi connectivity index (χ3v) is 10.9. The molecule has 0 bridgehead atoms. The van der Waals surface area contributed by atoms with Crippen LogP contribution in [-0.2, 0) is 31.3 Å². The van der Waals surface area contributed by atoms with Gasteiger partial charge in [0.1, 0.15) is 11.9 Å². The number of sulfonamides is 2. The van der Waals surface area contributed by atoms with Crippen molar-refractivity contribution in [3.63, 3.8) is 0 Å². The van der Waals surface area contributed by atoms with E-state index in [0.717, 1.165) is 5.56 Å². The summed E-state index contributed by atoms with van der Waals surface area (Å²) in [6, 6.07) is 16.4. The highest BCUT2D eigenvalue weighted by molar-refractivity contribution is 7.92. The zero-order chi connectivity index (χ0) is 31.5. The van der Waals surface area contributed by atoms with Crippen molar-refractivity contribution in [2.75, 3.05) is 31.5 Å². The van der Waals surface area contributed by atoms with Crippen LogP contribution in [0.2, 0.25) is 5.02 Å². The van der Waals surface area contributed by atoms with Crippen LogP contribution in [0.3, 0.4) is 0 Å². The van der Waals surface area contributed by atoms with E-state index in [4.69, 9.17) is 16.3 Å². The minimum absolute atomic E-state index is 0.0388. The molecule has 1 amide bonds. The van der Waals surface area contributed by atoms with Crippen LogP contribution >= 0.6 is 11.6 Å². The number of fused-ring (bicyclic) bond motifs is 1. The number of halogens is 1. The molecule has 0 aromatic heterocycles. The summed E-state index contributed by atoms with van der Waals surface area (Å²) in [6.07, 6.45) is -0.807. The molecule has 0 radical (unpaired) electrons. The number of amides is 1. The van der Waals surface area contributed by atoms with Crippen molar-refractivity contribution < 1.29 is 31.5 Å². The molecule has 0 fully saturated rings.